The van der Waals surface area contributed by atoms with Crippen LogP contribution >= 0.6 is 22.9 Å². The molecule has 0 amide bonds. The summed E-state index contributed by atoms with van der Waals surface area (Å²) in [6.45, 7) is 1.59. The van der Waals surface area contributed by atoms with Gasteiger partial charge in [0.05, 0.1) is 21.5 Å². The van der Waals surface area contributed by atoms with Gasteiger partial charge in [-0.2, -0.15) is 9.98 Å². The zero-order chi connectivity index (χ0) is 21.0. The quantitative estimate of drug-likeness (QED) is 0.624. The molecule has 1 aromatic carbocycles. The van der Waals surface area contributed by atoms with E-state index < -0.39 is 27.0 Å². The Morgan fingerprint density at radius 1 is 1.31 bits per heavy atom. The van der Waals surface area contributed by atoms with Gasteiger partial charge in [0.1, 0.15) is 17.1 Å². The minimum Gasteiger partial charge on any atom is -0.232 e. The molecule has 0 aliphatic heterocycles. The SMILES string of the molecule is Cc1nc(-c2nnc(C(F)F)s2)c2cc(S(=O)(=O)NC3(C#N)CC3)cc(Cl)c2n1. The number of sulfonamides is 1. The number of alkyl halides is 2. The lowest BCUT2D eigenvalue weighted by atomic mass is 10.2. The van der Waals surface area contributed by atoms with Gasteiger partial charge < -0.3 is 0 Å². The predicted octanol–water partition coefficient (Wildman–Crippen LogP) is 3.38. The van der Waals surface area contributed by atoms with E-state index >= 15 is 0 Å². The number of halogens is 3. The number of hydrogen-bond donors (Lipinski definition) is 1. The number of hydrogen-bond acceptors (Lipinski definition) is 8. The van der Waals surface area contributed by atoms with Gasteiger partial charge in [-0.15, -0.1) is 10.2 Å². The van der Waals surface area contributed by atoms with Crippen molar-refractivity contribution < 1.29 is 17.2 Å². The van der Waals surface area contributed by atoms with Gasteiger partial charge in [-0.1, -0.05) is 22.9 Å². The van der Waals surface area contributed by atoms with E-state index in [1.54, 1.807) is 6.92 Å². The molecular formula is C16H11ClF2N6O2S2. The van der Waals surface area contributed by atoms with Crippen molar-refractivity contribution >= 4 is 43.9 Å². The average Bonchev–Trinajstić information content (AvgIpc) is 3.24. The first-order chi connectivity index (χ1) is 13.6. The fraction of sp³-hybridized carbons (Fsp3) is 0.312. The van der Waals surface area contributed by atoms with Crippen LogP contribution in [0.4, 0.5) is 8.78 Å². The lowest BCUT2D eigenvalue weighted by Gasteiger charge is -2.12. The van der Waals surface area contributed by atoms with Crippen molar-refractivity contribution in [2.45, 2.75) is 36.6 Å². The molecule has 13 heteroatoms. The van der Waals surface area contributed by atoms with Gasteiger partial charge in [0, 0.05) is 5.39 Å². The van der Waals surface area contributed by atoms with E-state index in [2.05, 4.69) is 24.9 Å². The Labute approximate surface area is 172 Å². The van der Waals surface area contributed by atoms with E-state index in [4.69, 9.17) is 16.9 Å². The second-order valence-electron chi connectivity index (χ2n) is 6.47. The maximum Gasteiger partial charge on any atom is 0.291 e. The van der Waals surface area contributed by atoms with Gasteiger partial charge in [-0.05, 0) is 31.9 Å². The summed E-state index contributed by atoms with van der Waals surface area (Å²) in [4.78, 5) is 8.27. The van der Waals surface area contributed by atoms with Crippen molar-refractivity contribution in [3.05, 3.63) is 28.0 Å². The number of nitriles is 1. The Hall–Kier alpha value is -2.33. The molecule has 29 heavy (non-hydrogen) atoms. The summed E-state index contributed by atoms with van der Waals surface area (Å²) in [5.41, 5.74) is -0.709. The molecular weight excluding hydrogens is 446 g/mol. The molecule has 1 saturated carbocycles. The zero-order valence-electron chi connectivity index (χ0n) is 14.6. The van der Waals surface area contributed by atoms with Gasteiger partial charge in [-0.3, -0.25) is 0 Å². The van der Waals surface area contributed by atoms with E-state index in [0.29, 0.717) is 30.0 Å². The molecule has 2 aromatic heterocycles. The van der Waals surface area contributed by atoms with Gasteiger partial charge in [0.2, 0.25) is 10.0 Å². The first-order valence-electron chi connectivity index (χ1n) is 8.19. The molecule has 2 heterocycles. The van der Waals surface area contributed by atoms with Crippen LogP contribution in [0.15, 0.2) is 17.0 Å². The summed E-state index contributed by atoms with van der Waals surface area (Å²) in [5, 5.41) is 16.2. The van der Waals surface area contributed by atoms with Crippen LogP contribution in [0.1, 0.15) is 30.1 Å². The van der Waals surface area contributed by atoms with Gasteiger partial charge in [0.25, 0.3) is 6.43 Å². The average molecular weight is 457 g/mol. The van der Waals surface area contributed by atoms with Crippen molar-refractivity contribution in [2.75, 3.05) is 0 Å². The van der Waals surface area contributed by atoms with E-state index in [9.17, 15) is 17.2 Å². The molecule has 1 aliphatic carbocycles. The first kappa shape index (κ1) is 20.0. The third-order valence-electron chi connectivity index (χ3n) is 4.27. The molecule has 1 N–H and O–H groups in total. The Kier molecular flexibility index (Phi) is 4.73. The monoisotopic (exact) mass is 456 g/mol. The standard InChI is InChI=1S/C16H11ClF2N6O2S2/c1-7-21-11-9(12(22-7)14-23-24-15(28-14)13(18)19)4-8(5-10(11)17)29(26,27)25-16(6-20)2-3-16/h4-5,13,25H,2-3H2,1H3. The molecule has 0 bridgehead atoms. The van der Waals surface area contributed by atoms with E-state index in [0.717, 1.165) is 0 Å². The van der Waals surface area contributed by atoms with Crippen molar-refractivity contribution in [1.29, 1.82) is 5.26 Å². The van der Waals surface area contributed by atoms with Crippen molar-refractivity contribution in [2.24, 2.45) is 0 Å². The number of rotatable bonds is 5. The second-order valence-corrected chi connectivity index (χ2v) is 9.56. The van der Waals surface area contributed by atoms with Crippen molar-refractivity contribution in [3.8, 4) is 16.8 Å². The maximum atomic E-state index is 12.9. The van der Waals surface area contributed by atoms with E-state index in [1.165, 1.54) is 12.1 Å². The van der Waals surface area contributed by atoms with Crippen molar-refractivity contribution in [3.63, 3.8) is 0 Å². The number of nitrogens with one attached hydrogen (secondary N) is 1. The van der Waals surface area contributed by atoms with Gasteiger partial charge >= 0.3 is 0 Å². The number of aryl methyl sites for hydroxylation is 1. The normalized spacial score (nSPS) is 15.6. The lowest BCUT2D eigenvalue weighted by Crippen LogP contribution is -2.35. The van der Waals surface area contributed by atoms with Gasteiger partial charge in [0.15, 0.2) is 10.0 Å². The van der Waals surface area contributed by atoms with Crippen LogP contribution in [0.5, 0.6) is 0 Å². The third kappa shape index (κ3) is 3.66. The fourth-order valence-corrected chi connectivity index (χ4v) is 5.15. The molecule has 8 nitrogen and oxygen atoms in total. The topological polar surface area (TPSA) is 122 Å². The highest BCUT2D eigenvalue weighted by atomic mass is 35.5. The molecule has 0 radical (unpaired) electrons. The zero-order valence-corrected chi connectivity index (χ0v) is 17.0. The fourth-order valence-electron chi connectivity index (χ4n) is 2.69. The minimum absolute atomic E-state index is 0.0371. The van der Waals surface area contributed by atoms with Crippen LogP contribution in [-0.2, 0) is 10.0 Å². The molecule has 4 rings (SSSR count). The summed E-state index contributed by atoms with van der Waals surface area (Å²) in [5.74, 6) is 0.304. The Bertz CT molecular complexity index is 1280. The Morgan fingerprint density at radius 3 is 2.62 bits per heavy atom. The van der Waals surface area contributed by atoms with E-state index in [1.807, 2.05) is 6.07 Å². The van der Waals surface area contributed by atoms with Crippen molar-refractivity contribution in [1.82, 2.24) is 24.9 Å². The molecule has 0 unspecified atom stereocenters. The highest BCUT2D eigenvalue weighted by Crippen LogP contribution is 2.38. The minimum atomic E-state index is -4.06. The van der Waals surface area contributed by atoms with Crippen LogP contribution in [0, 0.1) is 18.3 Å². The van der Waals surface area contributed by atoms with Crippen LogP contribution in [0.25, 0.3) is 21.6 Å². The molecule has 150 valence electrons. The second kappa shape index (κ2) is 6.88. The van der Waals surface area contributed by atoms with E-state index in [-0.39, 0.29) is 31.5 Å². The Balaban J connectivity index is 1.90. The summed E-state index contributed by atoms with van der Waals surface area (Å²) < 4.78 is 53.7. The van der Waals surface area contributed by atoms with Crippen LogP contribution < -0.4 is 4.72 Å². The van der Waals surface area contributed by atoms with Crippen LogP contribution in [0.3, 0.4) is 0 Å². The molecule has 0 atom stereocenters. The maximum absolute atomic E-state index is 12.9. The first-order valence-corrected chi connectivity index (χ1v) is 10.9. The number of nitrogens with zero attached hydrogens (tertiary/aromatic N) is 5. The Morgan fingerprint density at radius 2 is 2.03 bits per heavy atom. The largest absolute Gasteiger partial charge is 0.291 e. The number of aromatic nitrogens is 4. The lowest BCUT2D eigenvalue weighted by molar-refractivity contribution is 0.150. The highest BCUT2D eigenvalue weighted by Gasteiger charge is 2.46. The summed E-state index contributed by atoms with van der Waals surface area (Å²) >= 11 is 6.92. The summed E-state index contributed by atoms with van der Waals surface area (Å²) in [7, 11) is -4.06. The molecule has 0 saturated heterocycles. The van der Waals surface area contributed by atoms with Crippen LogP contribution in [0.2, 0.25) is 5.02 Å². The molecule has 1 aliphatic rings. The summed E-state index contributed by atoms with van der Waals surface area (Å²) in [6, 6.07) is 4.46. The van der Waals surface area contributed by atoms with Gasteiger partial charge in [-0.25, -0.2) is 27.2 Å². The number of benzene rings is 1. The highest BCUT2D eigenvalue weighted by molar-refractivity contribution is 7.89. The molecule has 3 aromatic rings. The third-order valence-corrected chi connectivity index (χ3v) is 7.01. The molecule has 0 spiro atoms. The predicted molar refractivity (Wildman–Crippen MR) is 101 cm³/mol. The number of fused-ring (bicyclic) bond motifs is 1. The van der Waals surface area contributed by atoms with Crippen LogP contribution in [-0.4, -0.2) is 34.1 Å². The molecule has 1 fully saturated rings. The smallest absolute Gasteiger partial charge is 0.232 e. The summed E-state index contributed by atoms with van der Waals surface area (Å²) in [6.07, 6.45) is -1.96.